The number of aromatic nitrogens is 4. The highest BCUT2D eigenvalue weighted by atomic mass is 16.5. The number of carbonyl (C=O) groups excluding carboxylic acids is 1. The normalized spacial score (nSPS) is 11.1. The van der Waals surface area contributed by atoms with Gasteiger partial charge in [-0.3, -0.25) is 9.59 Å². The van der Waals surface area contributed by atoms with Crippen LogP contribution in [-0.2, 0) is 11.3 Å². The molecular formula is C20H20N6O4. The number of carbonyl (C=O) groups is 1. The summed E-state index contributed by atoms with van der Waals surface area (Å²) >= 11 is 0. The summed E-state index contributed by atoms with van der Waals surface area (Å²) in [7, 11) is 1.63. The van der Waals surface area contributed by atoms with Crippen LogP contribution in [0.5, 0.6) is 0 Å². The largest absolute Gasteiger partial charge is 0.451 e. The first kappa shape index (κ1) is 19.5. The zero-order valence-electron chi connectivity index (χ0n) is 16.3. The Bertz CT molecular complexity index is 1250. The van der Waals surface area contributed by atoms with Crippen LogP contribution in [0, 0.1) is 0 Å². The molecule has 0 aliphatic rings. The van der Waals surface area contributed by atoms with Crippen molar-refractivity contribution in [1.29, 1.82) is 0 Å². The highest BCUT2D eigenvalue weighted by molar-refractivity contribution is 5.93. The average Bonchev–Trinajstić information content (AvgIpc) is 3.18. The lowest BCUT2D eigenvalue weighted by molar-refractivity contribution is 0.0925. The van der Waals surface area contributed by atoms with Crippen LogP contribution in [-0.4, -0.2) is 52.5 Å². The number of anilines is 1. The van der Waals surface area contributed by atoms with Gasteiger partial charge in [-0.25, -0.2) is 14.6 Å². The van der Waals surface area contributed by atoms with E-state index in [4.69, 9.17) is 9.15 Å². The Morgan fingerprint density at radius 1 is 1.20 bits per heavy atom. The van der Waals surface area contributed by atoms with E-state index in [0.29, 0.717) is 42.1 Å². The first-order valence-electron chi connectivity index (χ1n) is 9.38. The number of nitrogens with one attached hydrogen (secondary N) is 2. The van der Waals surface area contributed by atoms with Crippen molar-refractivity contribution in [3.63, 3.8) is 0 Å². The van der Waals surface area contributed by atoms with Gasteiger partial charge in [0.05, 0.1) is 30.1 Å². The standard InChI is InChI=1S/C20H20N6O4/c1-29-9-7-21-18-14-11-25-26(19(14)24-12-23-18)8-6-22-20(28)17-10-15(27)13-4-2-3-5-16(13)30-17/h2-5,10-12H,6-9H2,1H3,(H,22,28)(H,21,23,24). The van der Waals surface area contributed by atoms with Gasteiger partial charge in [-0.15, -0.1) is 0 Å². The van der Waals surface area contributed by atoms with Crippen LogP contribution >= 0.6 is 0 Å². The van der Waals surface area contributed by atoms with Crippen LogP contribution in [0.4, 0.5) is 5.82 Å². The number of hydrogen-bond donors (Lipinski definition) is 2. The van der Waals surface area contributed by atoms with Gasteiger partial charge in [-0.1, -0.05) is 12.1 Å². The molecule has 4 rings (SSSR count). The summed E-state index contributed by atoms with van der Waals surface area (Å²) < 4.78 is 12.3. The van der Waals surface area contributed by atoms with Gasteiger partial charge in [-0.05, 0) is 12.1 Å². The van der Waals surface area contributed by atoms with E-state index in [1.807, 2.05) is 0 Å². The van der Waals surface area contributed by atoms with Crippen molar-refractivity contribution in [3.05, 3.63) is 58.8 Å². The number of nitrogens with zero attached hydrogens (tertiary/aromatic N) is 4. The second kappa shape index (κ2) is 8.70. The predicted octanol–water partition coefficient (Wildman–Crippen LogP) is 1.42. The Labute approximate surface area is 170 Å². The van der Waals surface area contributed by atoms with E-state index < -0.39 is 5.91 Å². The Morgan fingerprint density at radius 3 is 2.93 bits per heavy atom. The van der Waals surface area contributed by atoms with E-state index in [-0.39, 0.29) is 17.7 Å². The molecule has 4 aromatic rings. The summed E-state index contributed by atoms with van der Waals surface area (Å²) in [6, 6.07) is 8.00. The molecule has 3 heterocycles. The molecule has 0 unspecified atom stereocenters. The summed E-state index contributed by atoms with van der Waals surface area (Å²) in [5, 5.41) is 11.5. The van der Waals surface area contributed by atoms with Crippen molar-refractivity contribution in [2.24, 2.45) is 0 Å². The average molecular weight is 408 g/mol. The Balaban J connectivity index is 1.43. The first-order chi connectivity index (χ1) is 14.7. The minimum absolute atomic E-state index is 0.0315. The van der Waals surface area contributed by atoms with Gasteiger partial charge < -0.3 is 19.8 Å². The monoisotopic (exact) mass is 408 g/mol. The summed E-state index contributed by atoms with van der Waals surface area (Å²) in [6.07, 6.45) is 3.13. The third kappa shape index (κ3) is 3.98. The topological polar surface area (TPSA) is 124 Å². The zero-order chi connectivity index (χ0) is 20.9. The summed E-state index contributed by atoms with van der Waals surface area (Å²) in [5.74, 6) is 0.173. The number of amides is 1. The van der Waals surface area contributed by atoms with E-state index in [1.54, 1.807) is 42.3 Å². The molecule has 10 heteroatoms. The maximum absolute atomic E-state index is 12.4. The molecule has 0 saturated heterocycles. The number of methoxy groups -OCH3 is 1. The Hall–Kier alpha value is -3.79. The van der Waals surface area contributed by atoms with Crippen LogP contribution in [0.2, 0.25) is 0 Å². The molecule has 2 N–H and O–H groups in total. The summed E-state index contributed by atoms with van der Waals surface area (Å²) in [5.41, 5.74) is 0.764. The molecule has 3 aromatic heterocycles. The van der Waals surface area contributed by atoms with E-state index in [9.17, 15) is 9.59 Å². The fourth-order valence-electron chi connectivity index (χ4n) is 3.05. The smallest absolute Gasteiger partial charge is 0.287 e. The quantitative estimate of drug-likeness (QED) is 0.420. The van der Waals surface area contributed by atoms with Crippen molar-refractivity contribution in [1.82, 2.24) is 25.1 Å². The third-order valence-electron chi connectivity index (χ3n) is 4.50. The second-order valence-corrected chi connectivity index (χ2v) is 6.47. The van der Waals surface area contributed by atoms with Crippen molar-refractivity contribution < 1.29 is 13.9 Å². The minimum atomic E-state index is -0.467. The van der Waals surface area contributed by atoms with Crippen LogP contribution in [0.25, 0.3) is 22.0 Å². The molecule has 0 aliphatic carbocycles. The molecule has 1 aromatic carbocycles. The van der Waals surface area contributed by atoms with Crippen LogP contribution in [0.3, 0.4) is 0 Å². The fourth-order valence-corrected chi connectivity index (χ4v) is 3.05. The van der Waals surface area contributed by atoms with Gasteiger partial charge in [0.1, 0.15) is 17.7 Å². The summed E-state index contributed by atoms with van der Waals surface area (Å²) in [6.45, 7) is 1.83. The number of para-hydroxylation sites is 1. The number of ether oxygens (including phenoxy) is 1. The Morgan fingerprint density at radius 2 is 2.07 bits per heavy atom. The molecule has 30 heavy (non-hydrogen) atoms. The van der Waals surface area contributed by atoms with Crippen LogP contribution in [0.15, 0.2) is 52.1 Å². The molecule has 1 amide bonds. The number of rotatable bonds is 8. The highest BCUT2D eigenvalue weighted by Crippen LogP contribution is 2.18. The number of hydrogen-bond acceptors (Lipinski definition) is 8. The molecule has 0 aliphatic heterocycles. The fraction of sp³-hybridized carbons (Fsp3) is 0.250. The number of fused-ring (bicyclic) bond motifs is 2. The molecular weight excluding hydrogens is 388 g/mol. The van der Waals surface area contributed by atoms with Crippen LogP contribution in [0.1, 0.15) is 10.6 Å². The third-order valence-corrected chi connectivity index (χ3v) is 4.50. The lowest BCUT2D eigenvalue weighted by Crippen LogP contribution is -2.28. The van der Waals surface area contributed by atoms with Crippen molar-refractivity contribution in [2.45, 2.75) is 6.54 Å². The molecule has 0 fully saturated rings. The predicted molar refractivity (Wildman–Crippen MR) is 111 cm³/mol. The minimum Gasteiger partial charge on any atom is -0.451 e. The van der Waals surface area contributed by atoms with Crippen molar-refractivity contribution in [3.8, 4) is 0 Å². The summed E-state index contributed by atoms with van der Waals surface area (Å²) in [4.78, 5) is 33.1. The van der Waals surface area contributed by atoms with E-state index in [2.05, 4.69) is 25.7 Å². The Kier molecular flexibility index (Phi) is 5.66. The maximum atomic E-state index is 12.4. The van der Waals surface area contributed by atoms with Gasteiger partial charge in [-0.2, -0.15) is 5.10 Å². The number of benzene rings is 1. The molecule has 0 bridgehead atoms. The lowest BCUT2D eigenvalue weighted by atomic mass is 10.2. The second-order valence-electron chi connectivity index (χ2n) is 6.47. The van der Waals surface area contributed by atoms with E-state index in [0.717, 1.165) is 5.39 Å². The van der Waals surface area contributed by atoms with E-state index in [1.165, 1.54) is 12.4 Å². The van der Waals surface area contributed by atoms with Gasteiger partial charge in [0.15, 0.2) is 16.8 Å². The van der Waals surface area contributed by atoms with Crippen LogP contribution < -0.4 is 16.1 Å². The van der Waals surface area contributed by atoms with E-state index >= 15 is 0 Å². The SMILES string of the molecule is COCCNc1ncnc2c1cnn2CCNC(=O)c1cc(=O)c2ccccc2o1. The molecule has 154 valence electrons. The van der Waals surface area contributed by atoms with Crippen molar-refractivity contribution >= 4 is 33.7 Å². The van der Waals surface area contributed by atoms with Gasteiger partial charge in [0, 0.05) is 26.3 Å². The maximum Gasteiger partial charge on any atom is 0.287 e. The molecule has 10 nitrogen and oxygen atoms in total. The van der Waals surface area contributed by atoms with Gasteiger partial charge in [0.25, 0.3) is 5.91 Å². The molecule has 0 radical (unpaired) electrons. The highest BCUT2D eigenvalue weighted by Gasteiger charge is 2.13. The molecule has 0 atom stereocenters. The van der Waals surface area contributed by atoms with Gasteiger partial charge in [0.2, 0.25) is 0 Å². The van der Waals surface area contributed by atoms with Gasteiger partial charge >= 0.3 is 0 Å². The lowest BCUT2D eigenvalue weighted by Gasteiger charge is -2.07. The zero-order valence-corrected chi connectivity index (χ0v) is 16.3. The molecule has 0 saturated carbocycles. The van der Waals surface area contributed by atoms with Crippen molar-refractivity contribution in [2.75, 3.05) is 32.1 Å². The first-order valence-corrected chi connectivity index (χ1v) is 9.38. The molecule has 0 spiro atoms.